The van der Waals surface area contributed by atoms with Crippen molar-refractivity contribution in [2.24, 2.45) is 5.73 Å². The van der Waals surface area contributed by atoms with E-state index in [4.69, 9.17) is 11.0 Å². The van der Waals surface area contributed by atoms with E-state index in [1.807, 2.05) is 37.1 Å². The zero-order valence-corrected chi connectivity index (χ0v) is 10.2. The first-order valence-corrected chi connectivity index (χ1v) is 5.57. The van der Waals surface area contributed by atoms with Crippen LogP contribution in [0.15, 0.2) is 24.3 Å². The molecule has 0 aliphatic carbocycles. The van der Waals surface area contributed by atoms with Gasteiger partial charge in [0.25, 0.3) is 0 Å². The van der Waals surface area contributed by atoms with E-state index in [1.54, 1.807) is 6.07 Å². The molecule has 17 heavy (non-hydrogen) atoms. The van der Waals surface area contributed by atoms with Crippen LogP contribution in [0, 0.1) is 11.3 Å². The van der Waals surface area contributed by atoms with Gasteiger partial charge >= 0.3 is 0 Å². The van der Waals surface area contributed by atoms with Gasteiger partial charge in [0.15, 0.2) is 0 Å². The summed E-state index contributed by atoms with van der Waals surface area (Å²) >= 11 is 0. The molecule has 0 aromatic heterocycles. The number of rotatable bonds is 5. The molecule has 0 saturated carbocycles. The van der Waals surface area contributed by atoms with Gasteiger partial charge in [-0.25, -0.2) is 0 Å². The van der Waals surface area contributed by atoms with E-state index in [-0.39, 0.29) is 11.9 Å². The standard InChI is InChI=1S/C13H17N3O/c1-3-12(13(15)17)16(2)9-11-6-4-5-10(7-11)8-14/h4-7,12H,3,9H2,1-2H3,(H2,15,17). The molecule has 90 valence electrons. The van der Waals surface area contributed by atoms with Gasteiger partial charge in [0.05, 0.1) is 17.7 Å². The van der Waals surface area contributed by atoms with Crippen molar-refractivity contribution in [3.63, 3.8) is 0 Å². The monoisotopic (exact) mass is 231 g/mol. The molecular formula is C13H17N3O. The van der Waals surface area contributed by atoms with E-state index in [1.165, 1.54) is 0 Å². The van der Waals surface area contributed by atoms with Crippen molar-refractivity contribution < 1.29 is 4.79 Å². The Kier molecular flexibility index (Phi) is 4.68. The van der Waals surface area contributed by atoms with Crippen LogP contribution in [0.25, 0.3) is 0 Å². The van der Waals surface area contributed by atoms with Crippen molar-refractivity contribution in [3.05, 3.63) is 35.4 Å². The summed E-state index contributed by atoms with van der Waals surface area (Å²) in [5.41, 5.74) is 6.96. The molecule has 4 heteroatoms. The second-order valence-corrected chi connectivity index (χ2v) is 4.05. The molecule has 0 bridgehead atoms. The van der Waals surface area contributed by atoms with Crippen LogP contribution in [0.1, 0.15) is 24.5 Å². The van der Waals surface area contributed by atoms with Crippen LogP contribution in [0.5, 0.6) is 0 Å². The zero-order chi connectivity index (χ0) is 12.8. The number of amides is 1. The normalized spacial score (nSPS) is 12.1. The van der Waals surface area contributed by atoms with Crippen LogP contribution in [0.2, 0.25) is 0 Å². The summed E-state index contributed by atoms with van der Waals surface area (Å²) in [7, 11) is 1.86. The van der Waals surface area contributed by atoms with Crippen molar-refractivity contribution in [2.45, 2.75) is 25.9 Å². The number of nitriles is 1. The SMILES string of the molecule is CCC(C(N)=O)N(C)Cc1cccc(C#N)c1. The van der Waals surface area contributed by atoms with Crippen molar-refractivity contribution in [3.8, 4) is 6.07 Å². The highest BCUT2D eigenvalue weighted by molar-refractivity contribution is 5.79. The Morgan fingerprint density at radius 2 is 2.29 bits per heavy atom. The first kappa shape index (κ1) is 13.2. The lowest BCUT2D eigenvalue weighted by Crippen LogP contribution is -2.41. The Labute approximate surface area is 102 Å². The van der Waals surface area contributed by atoms with Crippen LogP contribution in [0.3, 0.4) is 0 Å². The lowest BCUT2D eigenvalue weighted by molar-refractivity contribution is -0.123. The van der Waals surface area contributed by atoms with Crippen LogP contribution in [-0.4, -0.2) is 23.9 Å². The molecule has 1 aromatic carbocycles. The molecular weight excluding hydrogens is 214 g/mol. The summed E-state index contributed by atoms with van der Waals surface area (Å²) in [5.74, 6) is -0.313. The molecule has 1 aromatic rings. The maximum atomic E-state index is 11.2. The Bertz CT molecular complexity index is 437. The number of hydrogen-bond acceptors (Lipinski definition) is 3. The highest BCUT2D eigenvalue weighted by atomic mass is 16.1. The number of primary amides is 1. The molecule has 0 saturated heterocycles. The first-order chi connectivity index (χ1) is 8.08. The van der Waals surface area contributed by atoms with E-state index in [0.29, 0.717) is 18.5 Å². The second-order valence-electron chi connectivity index (χ2n) is 4.05. The largest absolute Gasteiger partial charge is 0.368 e. The Morgan fingerprint density at radius 3 is 2.82 bits per heavy atom. The molecule has 1 unspecified atom stereocenters. The minimum atomic E-state index is -0.313. The average molecular weight is 231 g/mol. The van der Waals surface area contributed by atoms with Gasteiger partial charge in [-0.3, -0.25) is 9.69 Å². The van der Waals surface area contributed by atoms with E-state index < -0.39 is 0 Å². The van der Waals surface area contributed by atoms with E-state index in [0.717, 1.165) is 5.56 Å². The fraction of sp³-hybridized carbons (Fsp3) is 0.385. The molecule has 1 amide bonds. The molecule has 0 aliphatic heterocycles. The molecule has 0 aliphatic rings. The molecule has 0 radical (unpaired) electrons. The molecule has 0 fully saturated rings. The molecule has 0 spiro atoms. The zero-order valence-electron chi connectivity index (χ0n) is 10.2. The molecule has 4 nitrogen and oxygen atoms in total. The predicted molar refractivity (Wildman–Crippen MR) is 65.9 cm³/mol. The Hall–Kier alpha value is -1.86. The fourth-order valence-corrected chi connectivity index (χ4v) is 1.87. The van der Waals surface area contributed by atoms with Gasteiger partial charge in [0, 0.05) is 6.54 Å². The van der Waals surface area contributed by atoms with Crippen molar-refractivity contribution in [1.82, 2.24) is 4.90 Å². The predicted octanol–water partition coefficient (Wildman–Crippen LogP) is 1.25. The van der Waals surface area contributed by atoms with Crippen molar-refractivity contribution in [1.29, 1.82) is 5.26 Å². The van der Waals surface area contributed by atoms with Gasteiger partial charge in [0.2, 0.25) is 5.91 Å². The van der Waals surface area contributed by atoms with Crippen LogP contribution in [-0.2, 0) is 11.3 Å². The number of carbonyl (C=O) groups excluding carboxylic acids is 1. The van der Waals surface area contributed by atoms with Crippen LogP contribution >= 0.6 is 0 Å². The highest BCUT2D eigenvalue weighted by Gasteiger charge is 2.18. The maximum absolute atomic E-state index is 11.2. The lowest BCUT2D eigenvalue weighted by atomic mass is 10.1. The molecule has 1 rings (SSSR count). The first-order valence-electron chi connectivity index (χ1n) is 5.57. The van der Waals surface area contributed by atoms with Gasteiger partial charge in [-0.15, -0.1) is 0 Å². The average Bonchev–Trinajstić information content (AvgIpc) is 2.29. The minimum absolute atomic E-state index is 0.263. The lowest BCUT2D eigenvalue weighted by Gasteiger charge is -2.24. The summed E-state index contributed by atoms with van der Waals surface area (Å²) in [6, 6.07) is 9.19. The van der Waals surface area contributed by atoms with E-state index in [2.05, 4.69) is 6.07 Å². The van der Waals surface area contributed by atoms with E-state index in [9.17, 15) is 4.79 Å². The van der Waals surface area contributed by atoms with Crippen LogP contribution in [0.4, 0.5) is 0 Å². The minimum Gasteiger partial charge on any atom is -0.368 e. The summed E-state index contributed by atoms with van der Waals surface area (Å²) in [4.78, 5) is 13.1. The topological polar surface area (TPSA) is 70.1 Å². The third-order valence-corrected chi connectivity index (χ3v) is 2.74. The fourth-order valence-electron chi connectivity index (χ4n) is 1.87. The number of likely N-dealkylation sites (N-methyl/N-ethyl adjacent to an activating group) is 1. The smallest absolute Gasteiger partial charge is 0.234 e. The summed E-state index contributed by atoms with van der Waals surface area (Å²) in [6.45, 7) is 2.54. The number of nitrogens with two attached hydrogens (primary N) is 1. The summed E-state index contributed by atoms with van der Waals surface area (Å²) in [6.07, 6.45) is 0.684. The highest BCUT2D eigenvalue weighted by Crippen LogP contribution is 2.10. The number of hydrogen-bond donors (Lipinski definition) is 1. The molecule has 1 atom stereocenters. The van der Waals surface area contributed by atoms with Crippen LogP contribution < -0.4 is 5.73 Å². The van der Waals surface area contributed by atoms with Crippen molar-refractivity contribution >= 4 is 5.91 Å². The van der Waals surface area contributed by atoms with Gasteiger partial charge in [0.1, 0.15) is 0 Å². The third kappa shape index (κ3) is 3.58. The second kappa shape index (κ2) is 6.02. The Morgan fingerprint density at radius 1 is 1.59 bits per heavy atom. The van der Waals surface area contributed by atoms with Crippen molar-refractivity contribution in [2.75, 3.05) is 7.05 Å². The third-order valence-electron chi connectivity index (χ3n) is 2.74. The number of benzene rings is 1. The van der Waals surface area contributed by atoms with Gasteiger partial charge in [-0.05, 0) is 31.2 Å². The van der Waals surface area contributed by atoms with Gasteiger partial charge in [-0.1, -0.05) is 19.1 Å². The number of nitrogens with zero attached hydrogens (tertiary/aromatic N) is 2. The quantitative estimate of drug-likeness (QED) is 0.829. The van der Waals surface area contributed by atoms with Gasteiger partial charge in [-0.2, -0.15) is 5.26 Å². The Balaban J connectivity index is 2.76. The molecule has 2 N–H and O–H groups in total. The van der Waals surface area contributed by atoms with Gasteiger partial charge < -0.3 is 5.73 Å². The number of carbonyl (C=O) groups is 1. The maximum Gasteiger partial charge on any atom is 0.234 e. The summed E-state index contributed by atoms with van der Waals surface area (Å²) in [5, 5.41) is 8.80. The molecule has 0 heterocycles. The summed E-state index contributed by atoms with van der Waals surface area (Å²) < 4.78 is 0. The van der Waals surface area contributed by atoms with E-state index >= 15 is 0 Å².